The highest BCUT2D eigenvalue weighted by atomic mass is 19.1. The Hall–Kier alpha value is -2.95. The molecule has 2 aliphatic heterocycles. The van der Waals surface area contributed by atoms with E-state index >= 15 is 0 Å². The van der Waals surface area contributed by atoms with Gasteiger partial charge in [0.1, 0.15) is 5.82 Å². The molecule has 2 aliphatic rings. The first-order chi connectivity index (χ1) is 14.2. The lowest BCUT2D eigenvalue weighted by Crippen LogP contribution is -2.46. The molecular weight excluding hydrogens is 365 g/mol. The van der Waals surface area contributed by atoms with E-state index in [9.17, 15) is 9.18 Å². The van der Waals surface area contributed by atoms with E-state index in [1.807, 2.05) is 17.0 Å². The van der Waals surface area contributed by atoms with Gasteiger partial charge in [-0.1, -0.05) is 24.3 Å². The van der Waals surface area contributed by atoms with Crippen molar-refractivity contribution in [2.45, 2.75) is 25.8 Å². The minimum Gasteiger partial charge on any atom is -0.370 e. The molecule has 0 N–H and O–H groups in total. The molecule has 4 nitrogen and oxygen atoms in total. The average Bonchev–Trinajstić information content (AvgIpc) is 2.78. The Kier molecular flexibility index (Phi) is 4.66. The molecule has 1 unspecified atom stereocenters. The molecule has 29 heavy (non-hydrogen) atoms. The van der Waals surface area contributed by atoms with Crippen molar-refractivity contribution in [3.05, 3.63) is 71.7 Å². The average molecular weight is 389 g/mol. The summed E-state index contributed by atoms with van der Waals surface area (Å²) in [7, 11) is 0. The molecule has 3 aromatic rings. The lowest BCUT2D eigenvalue weighted by atomic mass is 9.93. The predicted molar refractivity (Wildman–Crippen MR) is 112 cm³/mol. The number of fused-ring (bicyclic) bond motifs is 2. The maximum absolute atomic E-state index is 13.8. The SMILES string of the molecule is O=C(C1CCCN(c2ccnc3ccc(F)cc23)C1)N1CCc2ccccc2C1. The molecular formula is C24H24FN3O. The lowest BCUT2D eigenvalue weighted by molar-refractivity contribution is -0.136. The Morgan fingerprint density at radius 2 is 1.93 bits per heavy atom. The van der Waals surface area contributed by atoms with Gasteiger partial charge in [-0.05, 0) is 54.7 Å². The van der Waals surface area contributed by atoms with Crippen LogP contribution >= 0.6 is 0 Å². The standard InChI is InChI=1S/C24H24FN3O/c25-20-7-8-22-21(14-20)23(9-11-26-22)27-12-3-6-19(16-27)24(29)28-13-10-17-4-1-2-5-18(17)15-28/h1-2,4-5,7-9,11,14,19H,3,6,10,12-13,15-16H2. The Bertz CT molecular complexity index is 1070. The summed E-state index contributed by atoms with van der Waals surface area (Å²) in [6.45, 7) is 3.04. The van der Waals surface area contributed by atoms with Crippen molar-refractivity contribution < 1.29 is 9.18 Å². The van der Waals surface area contributed by atoms with Gasteiger partial charge in [-0.3, -0.25) is 9.78 Å². The van der Waals surface area contributed by atoms with E-state index < -0.39 is 0 Å². The molecule has 2 aromatic carbocycles. The Morgan fingerprint density at radius 3 is 2.83 bits per heavy atom. The van der Waals surface area contributed by atoms with Crippen LogP contribution in [-0.4, -0.2) is 35.4 Å². The van der Waals surface area contributed by atoms with Crippen molar-refractivity contribution in [2.75, 3.05) is 24.5 Å². The van der Waals surface area contributed by atoms with Crippen LogP contribution in [0.5, 0.6) is 0 Å². The van der Waals surface area contributed by atoms with E-state index in [1.165, 1.54) is 17.2 Å². The lowest BCUT2D eigenvalue weighted by Gasteiger charge is -2.38. The Morgan fingerprint density at radius 1 is 1.07 bits per heavy atom. The van der Waals surface area contributed by atoms with Crippen LogP contribution in [0.3, 0.4) is 0 Å². The van der Waals surface area contributed by atoms with E-state index in [0.29, 0.717) is 13.1 Å². The molecule has 1 saturated heterocycles. The molecule has 0 aliphatic carbocycles. The summed E-state index contributed by atoms with van der Waals surface area (Å²) in [6, 6.07) is 15.0. The number of carbonyl (C=O) groups is 1. The largest absolute Gasteiger partial charge is 0.370 e. The number of benzene rings is 2. The van der Waals surface area contributed by atoms with Crippen LogP contribution in [0.2, 0.25) is 0 Å². The fraction of sp³-hybridized carbons (Fsp3) is 0.333. The highest BCUT2D eigenvalue weighted by Crippen LogP contribution is 2.31. The first kappa shape index (κ1) is 18.1. The number of hydrogen-bond donors (Lipinski definition) is 0. The summed E-state index contributed by atoms with van der Waals surface area (Å²) < 4.78 is 13.8. The zero-order valence-corrected chi connectivity index (χ0v) is 16.4. The van der Waals surface area contributed by atoms with Crippen LogP contribution in [0.1, 0.15) is 24.0 Å². The molecule has 0 radical (unpaired) electrons. The molecule has 0 saturated carbocycles. The van der Waals surface area contributed by atoms with Gasteiger partial charge in [0, 0.05) is 43.4 Å². The van der Waals surface area contributed by atoms with Crippen LogP contribution in [0.25, 0.3) is 10.9 Å². The van der Waals surface area contributed by atoms with Crippen LogP contribution in [-0.2, 0) is 17.8 Å². The van der Waals surface area contributed by atoms with Crippen LogP contribution in [0.4, 0.5) is 10.1 Å². The number of pyridine rings is 1. The molecule has 1 aromatic heterocycles. The van der Waals surface area contributed by atoms with Crippen molar-refractivity contribution in [3.8, 4) is 0 Å². The predicted octanol–water partition coefficient (Wildman–Crippen LogP) is 4.18. The van der Waals surface area contributed by atoms with Crippen molar-refractivity contribution in [2.24, 2.45) is 5.92 Å². The maximum atomic E-state index is 13.8. The topological polar surface area (TPSA) is 36.4 Å². The van der Waals surface area contributed by atoms with Crippen molar-refractivity contribution in [1.29, 1.82) is 0 Å². The zero-order chi connectivity index (χ0) is 19.8. The van der Waals surface area contributed by atoms with Gasteiger partial charge < -0.3 is 9.80 Å². The molecule has 3 heterocycles. The number of halogens is 1. The Balaban J connectivity index is 1.36. The van der Waals surface area contributed by atoms with Crippen molar-refractivity contribution in [1.82, 2.24) is 9.88 Å². The number of amides is 1. The summed E-state index contributed by atoms with van der Waals surface area (Å²) in [5.41, 5.74) is 4.36. The summed E-state index contributed by atoms with van der Waals surface area (Å²) in [4.78, 5) is 21.9. The normalized spacial score (nSPS) is 19.3. The number of hydrogen-bond acceptors (Lipinski definition) is 3. The fourth-order valence-corrected chi connectivity index (χ4v) is 4.72. The van der Waals surface area contributed by atoms with Crippen LogP contribution in [0.15, 0.2) is 54.7 Å². The third kappa shape index (κ3) is 3.46. The highest BCUT2D eigenvalue weighted by molar-refractivity contribution is 5.92. The van der Waals surface area contributed by atoms with E-state index in [1.54, 1.807) is 18.3 Å². The van der Waals surface area contributed by atoms with Crippen LogP contribution in [0, 0.1) is 11.7 Å². The number of piperidine rings is 1. The number of rotatable bonds is 2. The molecule has 0 bridgehead atoms. The molecule has 148 valence electrons. The third-order valence-corrected chi connectivity index (χ3v) is 6.23. The van der Waals surface area contributed by atoms with E-state index in [2.05, 4.69) is 28.1 Å². The smallest absolute Gasteiger partial charge is 0.227 e. The highest BCUT2D eigenvalue weighted by Gasteiger charge is 2.31. The van der Waals surface area contributed by atoms with Gasteiger partial charge in [0.2, 0.25) is 5.91 Å². The van der Waals surface area contributed by atoms with Crippen molar-refractivity contribution in [3.63, 3.8) is 0 Å². The number of aromatic nitrogens is 1. The first-order valence-electron chi connectivity index (χ1n) is 10.3. The maximum Gasteiger partial charge on any atom is 0.227 e. The molecule has 0 spiro atoms. The summed E-state index contributed by atoms with van der Waals surface area (Å²) >= 11 is 0. The van der Waals surface area contributed by atoms with Gasteiger partial charge in [0.15, 0.2) is 0 Å². The van der Waals surface area contributed by atoms with Gasteiger partial charge in [0.25, 0.3) is 0 Å². The Labute approximate surface area is 170 Å². The number of anilines is 1. The van der Waals surface area contributed by atoms with Crippen molar-refractivity contribution >= 4 is 22.5 Å². The van der Waals surface area contributed by atoms with E-state index in [0.717, 1.165) is 48.9 Å². The second kappa shape index (κ2) is 7.47. The summed E-state index contributed by atoms with van der Waals surface area (Å²) in [5.74, 6) is -0.0390. The third-order valence-electron chi connectivity index (χ3n) is 6.23. The molecule has 5 heteroatoms. The molecule has 1 amide bonds. The van der Waals surface area contributed by atoms with Gasteiger partial charge >= 0.3 is 0 Å². The van der Waals surface area contributed by atoms with Gasteiger partial charge in [-0.2, -0.15) is 0 Å². The van der Waals surface area contributed by atoms with Crippen LogP contribution < -0.4 is 4.90 Å². The summed E-state index contributed by atoms with van der Waals surface area (Å²) in [6.07, 6.45) is 4.56. The monoisotopic (exact) mass is 389 g/mol. The fourth-order valence-electron chi connectivity index (χ4n) is 4.72. The van der Waals surface area contributed by atoms with Gasteiger partial charge in [-0.25, -0.2) is 4.39 Å². The minimum atomic E-state index is -0.261. The zero-order valence-electron chi connectivity index (χ0n) is 16.4. The van der Waals surface area contributed by atoms with E-state index in [4.69, 9.17) is 0 Å². The van der Waals surface area contributed by atoms with E-state index in [-0.39, 0.29) is 17.6 Å². The quantitative estimate of drug-likeness (QED) is 0.660. The number of carbonyl (C=O) groups excluding carboxylic acids is 1. The van der Waals surface area contributed by atoms with Gasteiger partial charge in [0.05, 0.1) is 11.4 Å². The first-order valence-corrected chi connectivity index (χ1v) is 10.3. The molecule has 1 atom stereocenters. The molecule has 5 rings (SSSR count). The summed E-state index contributed by atoms with van der Waals surface area (Å²) in [5, 5.41) is 0.812. The number of nitrogens with zero attached hydrogens (tertiary/aromatic N) is 3. The minimum absolute atomic E-state index is 0.0224. The molecule has 1 fully saturated rings. The second-order valence-corrected chi connectivity index (χ2v) is 8.06. The second-order valence-electron chi connectivity index (χ2n) is 8.06. The van der Waals surface area contributed by atoms with Gasteiger partial charge in [-0.15, -0.1) is 0 Å².